The molecule has 4 heteroatoms. The van der Waals surface area contributed by atoms with Crippen LogP contribution in [0.4, 0.5) is 0 Å². The molecule has 0 fully saturated rings. The summed E-state index contributed by atoms with van der Waals surface area (Å²) in [5.41, 5.74) is 3.17. The summed E-state index contributed by atoms with van der Waals surface area (Å²) in [6.07, 6.45) is 0. The Kier molecular flexibility index (Phi) is 4.25. The number of benzene rings is 1. The van der Waals surface area contributed by atoms with Gasteiger partial charge in [-0.2, -0.15) is 5.48 Å². The summed E-state index contributed by atoms with van der Waals surface area (Å²) < 4.78 is 5.02. The van der Waals surface area contributed by atoms with Crippen LogP contribution in [0.25, 0.3) is 0 Å². The highest BCUT2D eigenvalue weighted by molar-refractivity contribution is 5.26. The van der Waals surface area contributed by atoms with Gasteiger partial charge >= 0.3 is 0 Å². The minimum Gasteiger partial charge on any atom is -0.497 e. The highest BCUT2D eigenvalue weighted by atomic mass is 16.5. The molecule has 3 N–H and O–H groups in total. The van der Waals surface area contributed by atoms with E-state index in [9.17, 15) is 0 Å². The van der Waals surface area contributed by atoms with Crippen LogP contribution in [0.3, 0.4) is 0 Å². The largest absolute Gasteiger partial charge is 0.497 e. The van der Waals surface area contributed by atoms with Crippen LogP contribution in [0.1, 0.15) is 5.56 Å². The molecule has 0 saturated carbocycles. The summed E-state index contributed by atoms with van der Waals surface area (Å²) in [5, 5.41) is 11.3. The van der Waals surface area contributed by atoms with Crippen molar-refractivity contribution >= 4 is 0 Å². The van der Waals surface area contributed by atoms with Gasteiger partial charge in [-0.05, 0) is 17.7 Å². The summed E-state index contributed by atoms with van der Waals surface area (Å²) in [7, 11) is 1.64. The average molecular weight is 182 g/mol. The molecule has 0 unspecified atom stereocenters. The van der Waals surface area contributed by atoms with Gasteiger partial charge in [0.05, 0.1) is 13.8 Å². The fraction of sp³-hybridized carbons (Fsp3) is 0.333. The maximum atomic E-state index is 8.29. The first-order valence-electron chi connectivity index (χ1n) is 4.07. The summed E-state index contributed by atoms with van der Waals surface area (Å²) in [6, 6.07) is 7.76. The Labute approximate surface area is 77.5 Å². The molecule has 0 amide bonds. The van der Waals surface area contributed by atoms with Crippen molar-refractivity contribution in [3.8, 4) is 5.75 Å². The Balaban J connectivity index is 2.40. The smallest absolute Gasteiger partial charge is 0.118 e. The minimum absolute atomic E-state index is 0.381. The summed E-state index contributed by atoms with van der Waals surface area (Å²) >= 11 is 0. The Hall–Kier alpha value is -1.10. The molecule has 0 aliphatic heterocycles. The second-order valence-corrected chi connectivity index (χ2v) is 2.61. The topological polar surface area (TPSA) is 53.5 Å². The van der Waals surface area contributed by atoms with Crippen molar-refractivity contribution in [2.45, 2.75) is 6.54 Å². The molecule has 0 aromatic heterocycles. The first-order valence-corrected chi connectivity index (χ1v) is 4.07. The molecule has 1 aromatic rings. The fourth-order valence-corrected chi connectivity index (χ4v) is 1.01. The van der Waals surface area contributed by atoms with E-state index in [0.29, 0.717) is 6.67 Å². The summed E-state index contributed by atoms with van der Waals surface area (Å²) in [6.45, 7) is 1.10. The van der Waals surface area contributed by atoms with E-state index in [-0.39, 0.29) is 0 Å². The average Bonchev–Trinajstić information content (AvgIpc) is 2.19. The van der Waals surface area contributed by atoms with Crippen LogP contribution < -0.4 is 15.5 Å². The van der Waals surface area contributed by atoms with Crippen molar-refractivity contribution in [3.05, 3.63) is 29.8 Å². The number of nitrogens with one attached hydrogen (secondary N) is 2. The molecule has 1 aromatic carbocycles. The maximum Gasteiger partial charge on any atom is 0.118 e. The summed E-state index contributed by atoms with van der Waals surface area (Å²) in [4.78, 5) is 0. The van der Waals surface area contributed by atoms with Gasteiger partial charge in [0.2, 0.25) is 0 Å². The Morgan fingerprint density at radius 1 is 1.31 bits per heavy atom. The predicted molar refractivity (Wildman–Crippen MR) is 49.6 cm³/mol. The monoisotopic (exact) mass is 182 g/mol. The zero-order valence-electron chi connectivity index (χ0n) is 7.58. The van der Waals surface area contributed by atoms with Gasteiger partial charge in [0.1, 0.15) is 5.75 Å². The third-order valence-electron chi connectivity index (χ3n) is 1.69. The van der Waals surface area contributed by atoms with E-state index < -0.39 is 0 Å². The molecule has 72 valence electrons. The third kappa shape index (κ3) is 3.42. The lowest BCUT2D eigenvalue weighted by molar-refractivity contribution is 0.157. The van der Waals surface area contributed by atoms with E-state index in [1.165, 1.54) is 0 Å². The van der Waals surface area contributed by atoms with Gasteiger partial charge in [-0.3, -0.25) is 5.32 Å². The lowest BCUT2D eigenvalue weighted by Gasteiger charge is -2.04. The van der Waals surface area contributed by atoms with Gasteiger partial charge in [-0.1, -0.05) is 12.1 Å². The van der Waals surface area contributed by atoms with Crippen molar-refractivity contribution in [2.24, 2.45) is 0 Å². The third-order valence-corrected chi connectivity index (χ3v) is 1.69. The molecular weight excluding hydrogens is 168 g/mol. The van der Waals surface area contributed by atoms with Gasteiger partial charge in [-0.25, -0.2) is 0 Å². The van der Waals surface area contributed by atoms with Crippen LogP contribution in [0.2, 0.25) is 0 Å². The van der Waals surface area contributed by atoms with Gasteiger partial charge in [0.25, 0.3) is 0 Å². The highest BCUT2D eigenvalue weighted by Gasteiger charge is 1.92. The van der Waals surface area contributed by atoms with E-state index in [4.69, 9.17) is 9.94 Å². The predicted octanol–water partition coefficient (Wildman–Crippen LogP) is 0.721. The second kappa shape index (κ2) is 5.53. The van der Waals surface area contributed by atoms with E-state index in [2.05, 4.69) is 5.32 Å². The molecule has 0 radical (unpaired) electrons. The minimum atomic E-state index is 0.381. The zero-order valence-corrected chi connectivity index (χ0v) is 7.58. The number of ether oxygens (including phenoxy) is 1. The lowest BCUT2D eigenvalue weighted by Crippen LogP contribution is -2.25. The molecule has 0 aliphatic rings. The van der Waals surface area contributed by atoms with Crippen molar-refractivity contribution in [1.29, 1.82) is 0 Å². The SMILES string of the molecule is COc1ccc(CNCNO)cc1. The van der Waals surface area contributed by atoms with Crippen molar-refractivity contribution in [2.75, 3.05) is 13.8 Å². The number of hydrogen-bond donors (Lipinski definition) is 3. The van der Waals surface area contributed by atoms with Crippen molar-refractivity contribution in [3.63, 3.8) is 0 Å². The number of hydroxylamine groups is 1. The molecule has 4 nitrogen and oxygen atoms in total. The van der Waals surface area contributed by atoms with Crippen LogP contribution in [0.15, 0.2) is 24.3 Å². The van der Waals surface area contributed by atoms with Crippen molar-refractivity contribution < 1.29 is 9.94 Å². The maximum absolute atomic E-state index is 8.29. The van der Waals surface area contributed by atoms with E-state index >= 15 is 0 Å². The van der Waals surface area contributed by atoms with E-state index in [1.54, 1.807) is 7.11 Å². The van der Waals surface area contributed by atoms with Gasteiger partial charge in [0.15, 0.2) is 0 Å². The standard InChI is InChI=1S/C9H14N2O2/c1-13-9-4-2-8(3-5-9)6-10-7-11-12/h2-5,10-12H,6-7H2,1H3. The lowest BCUT2D eigenvalue weighted by atomic mass is 10.2. The van der Waals surface area contributed by atoms with Crippen LogP contribution in [-0.2, 0) is 6.54 Å². The van der Waals surface area contributed by atoms with Gasteiger partial charge in [-0.15, -0.1) is 0 Å². The Morgan fingerprint density at radius 2 is 2.00 bits per heavy atom. The molecule has 13 heavy (non-hydrogen) atoms. The molecular formula is C9H14N2O2. The fourth-order valence-electron chi connectivity index (χ4n) is 1.01. The van der Waals surface area contributed by atoms with Crippen LogP contribution in [-0.4, -0.2) is 19.0 Å². The van der Waals surface area contributed by atoms with Crippen LogP contribution in [0.5, 0.6) is 5.75 Å². The molecule has 0 atom stereocenters. The first-order chi connectivity index (χ1) is 6.36. The number of methoxy groups -OCH3 is 1. The van der Waals surface area contributed by atoms with Crippen LogP contribution >= 0.6 is 0 Å². The number of hydrogen-bond acceptors (Lipinski definition) is 4. The molecule has 0 bridgehead atoms. The van der Waals surface area contributed by atoms with Gasteiger partial charge in [0, 0.05) is 6.54 Å². The quantitative estimate of drug-likeness (QED) is 0.357. The molecule has 0 aliphatic carbocycles. The second-order valence-electron chi connectivity index (χ2n) is 2.61. The first kappa shape index (κ1) is 9.98. The summed E-state index contributed by atoms with van der Waals surface area (Å²) in [5.74, 6) is 0.851. The molecule has 0 saturated heterocycles. The zero-order chi connectivity index (χ0) is 9.52. The van der Waals surface area contributed by atoms with Crippen LogP contribution in [0, 0.1) is 0 Å². The molecule has 1 rings (SSSR count). The molecule has 0 heterocycles. The highest BCUT2D eigenvalue weighted by Crippen LogP contribution is 2.10. The van der Waals surface area contributed by atoms with E-state index in [1.807, 2.05) is 29.7 Å². The Morgan fingerprint density at radius 3 is 2.54 bits per heavy atom. The van der Waals surface area contributed by atoms with E-state index in [0.717, 1.165) is 17.9 Å². The Bertz CT molecular complexity index is 236. The van der Waals surface area contributed by atoms with Gasteiger partial charge < -0.3 is 9.94 Å². The van der Waals surface area contributed by atoms with Crippen molar-refractivity contribution in [1.82, 2.24) is 10.8 Å². The normalized spacial score (nSPS) is 10.0. The number of rotatable bonds is 5. The molecule has 0 spiro atoms.